The number of hydrogen-bond donors (Lipinski definition) is 12. The lowest BCUT2D eigenvalue weighted by Gasteiger charge is -2.28. The summed E-state index contributed by atoms with van der Waals surface area (Å²) in [5, 5.41) is 33.5. The van der Waals surface area contributed by atoms with Crippen molar-refractivity contribution in [2.45, 2.75) is 207 Å². The largest absolute Gasteiger partial charge is 0.463 e. The van der Waals surface area contributed by atoms with Crippen molar-refractivity contribution in [2.24, 2.45) is 29.6 Å². The molecule has 0 bridgehead atoms. The molecule has 34 nitrogen and oxygen atoms in total. The van der Waals surface area contributed by atoms with Crippen molar-refractivity contribution in [1.82, 2.24) is 68.7 Å². The van der Waals surface area contributed by atoms with Gasteiger partial charge in [0, 0.05) is 94.1 Å². The summed E-state index contributed by atoms with van der Waals surface area (Å²) in [4.78, 5) is 195. The van der Waals surface area contributed by atoms with Gasteiger partial charge in [0.15, 0.2) is 0 Å². The molecule has 13 amide bonds. The molecule has 3 saturated heterocycles. The molecule has 12 N–H and O–H groups in total. The van der Waals surface area contributed by atoms with Crippen LogP contribution in [-0.4, -0.2) is 201 Å². The molecule has 136 heavy (non-hydrogen) atoms. The van der Waals surface area contributed by atoms with E-state index in [1.54, 1.807) is 20.8 Å². The number of esters is 3. The Morgan fingerprint density at radius 2 is 0.625 bits per heavy atom. The highest BCUT2D eigenvalue weighted by molar-refractivity contribution is 5.95. The Kier molecular flexibility index (Phi) is 48.1. The molecule has 0 unspecified atom stereocenters. The zero-order valence-corrected chi connectivity index (χ0v) is 78.9. The topological polar surface area (TPSA) is 459 Å². The minimum atomic E-state index is -1.04. The van der Waals surface area contributed by atoms with E-state index in [4.69, 9.17) is 28.4 Å². The molecular weight excluding hydrogens is 1740 g/mol. The number of nitrogens with one attached hydrogen (secondary N) is 12. The van der Waals surface area contributed by atoms with Crippen LogP contribution in [0.3, 0.4) is 0 Å². The number of rotatable bonds is 48. The summed E-state index contributed by atoms with van der Waals surface area (Å²) in [6.07, 6.45) is 9.95. The highest BCUT2D eigenvalue weighted by Crippen LogP contribution is 2.22. The predicted molar refractivity (Wildman–Crippen MR) is 509 cm³/mol. The summed E-state index contributed by atoms with van der Waals surface area (Å²) < 4.78 is 31.0. The number of benzene rings is 6. The molecule has 3 fully saturated rings. The van der Waals surface area contributed by atoms with Gasteiger partial charge in [0.2, 0.25) is 47.3 Å². The van der Waals surface area contributed by atoms with Crippen LogP contribution in [-0.2, 0) is 120 Å². The fourth-order valence-electron chi connectivity index (χ4n) is 14.8. The van der Waals surface area contributed by atoms with E-state index in [1.165, 1.54) is 41.4 Å². The minimum Gasteiger partial charge on any atom is -0.463 e. The average Bonchev–Trinajstić information content (AvgIpc) is 1.22. The lowest BCUT2D eigenvalue weighted by Crippen LogP contribution is -2.56. The van der Waals surface area contributed by atoms with E-state index < -0.39 is 126 Å². The van der Waals surface area contributed by atoms with Gasteiger partial charge in [-0.05, 0) is 123 Å². The molecule has 3 aliphatic heterocycles. The second-order valence-electron chi connectivity index (χ2n) is 34.2. The van der Waals surface area contributed by atoms with E-state index in [2.05, 4.69) is 63.8 Å². The Bertz CT molecular complexity index is 4680. The Morgan fingerprint density at radius 1 is 0.338 bits per heavy atom. The zero-order chi connectivity index (χ0) is 98.5. The second-order valence-corrected chi connectivity index (χ2v) is 34.2. The first kappa shape index (κ1) is 109. The van der Waals surface area contributed by atoms with Gasteiger partial charge in [0.1, 0.15) is 56.1 Å². The van der Waals surface area contributed by atoms with Crippen LogP contribution in [0.2, 0.25) is 0 Å². The standard InChI is InChI=1S/C35H46N4O7.C34H44N4O7.C33H43N5O7/c1-4-45-31(40)18-17-28(22-27-16-11-19-36-32(27)41)37-33(42)30(21-25-12-7-5-8-13-25)38-34(43)29(20-24(2)3)39-35(44)46-23-26-14-9-6-10-15-26;1-4-44-30(39)16-15-27(21-26-17-18-35-31(26)40)36-32(41)29(20-24-11-7-5-8-12-24)37-33(42)28(19-23(2)3)38-34(43)45-22-25-13-9-6-10-14-25;1-4-44-29(39)16-15-26(21-38-18-17-34-32(38)42)35-30(40)28(20-24-11-7-5-8-12-24)36-31(41)27(19-23(2)3)37-33(43)45-22-25-13-9-6-10-14-25/h5-10,12-15,17-18,24,27-30H,4,11,16,19-23H2,1-3H3,(H,36,41)(H,37,42)(H,38,43)(H,39,44);5-16,23,26-29H,4,17-22H2,1-3H3,(H,35,40)(H,36,41)(H,37,42)(H,38,43);5-16,23,26-28H,4,17-22H2,1-3H3,(H,34,42)(H,35,40)(H,36,41)(H,37,43)/b18-17+;2*16-15+/t27-,28+,29-,30-;26-,27-,28+,29+;26-,27+,28+/m011/s1. The Hall–Kier alpha value is -14.2. The number of nitrogens with zero attached hydrogens (tertiary/aromatic N) is 1. The third-order valence-corrected chi connectivity index (χ3v) is 21.6. The molecule has 0 aliphatic carbocycles. The molecule has 0 aromatic heterocycles. The third-order valence-electron chi connectivity index (χ3n) is 21.6. The van der Waals surface area contributed by atoms with Crippen LogP contribution in [0.25, 0.3) is 0 Å². The second kappa shape index (κ2) is 60.1. The number of carbonyl (C=O) groups excluding carboxylic acids is 15. The summed E-state index contributed by atoms with van der Waals surface area (Å²) >= 11 is 0. The summed E-state index contributed by atoms with van der Waals surface area (Å²) in [5.74, 6) is -5.64. The summed E-state index contributed by atoms with van der Waals surface area (Å²) in [6, 6.07) is 46.8. The highest BCUT2D eigenvalue weighted by Gasteiger charge is 2.36. The van der Waals surface area contributed by atoms with Crippen LogP contribution in [0.1, 0.15) is 147 Å². The number of hydrogen-bond acceptors (Lipinski definition) is 21. The number of amides is 13. The monoisotopic (exact) mass is 1880 g/mol. The van der Waals surface area contributed by atoms with Crippen LogP contribution < -0.4 is 63.8 Å². The molecule has 34 heteroatoms. The third kappa shape index (κ3) is 42.3. The van der Waals surface area contributed by atoms with E-state index in [0.29, 0.717) is 58.3 Å². The van der Waals surface area contributed by atoms with Gasteiger partial charge < -0.3 is 97.1 Å². The molecule has 6 aromatic rings. The zero-order valence-electron chi connectivity index (χ0n) is 78.9. The van der Waals surface area contributed by atoms with E-state index in [1.807, 2.05) is 224 Å². The minimum absolute atomic E-state index is 0.0392. The first-order valence-electron chi connectivity index (χ1n) is 46.4. The van der Waals surface area contributed by atoms with Crippen molar-refractivity contribution < 1.29 is 100 Å². The van der Waals surface area contributed by atoms with Gasteiger partial charge in [0.25, 0.3) is 0 Å². The molecule has 0 radical (unpaired) electrons. The van der Waals surface area contributed by atoms with Gasteiger partial charge in [-0.25, -0.2) is 33.6 Å². The van der Waals surface area contributed by atoms with Crippen molar-refractivity contribution >= 4 is 89.5 Å². The Morgan fingerprint density at radius 3 is 0.904 bits per heavy atom. The quantitative estimate of drug-likeness (QED) is 0.00960. The molecule has 0 spiro atoms. The lowest BCUT2D eigenvalue weighted by molar-refractivity contribution is -0.138. The van der Waals surface area contributed by atoms with E-state index in [0.717, 1.165) is 39.8 Å². The smallest absolute Gasteiger partial charge is 0.408 e. The van der Waals surface area contributed by atoms with Crippen molar-refractivity contribution in [3.8, 4) is 0 Å². The Balaban J connectivity index is 0.000000278. The number of carbonyl (C=O) groups is 15. The van der Waals surface area contributed by atoms with Crippen LogP contribution in [0.4, 0.5) is 19.2 Å². The number of alkyl carbamates (subject to hydrolysis) is 3. The van der Waals surface area contributed by atoms with E-state index in [9.17, 15) is 71.9 Å². The molecule has 732 valence electrons. The molecule has 3 heterocycles. The van der Waals surface area contributed by atoms with E-state index in [-0.39, 0.29) is 126 Å². The molecular formula is C102H133N13O21. The normalized spacial score (nSPS) is 15.9. The van der Waals surface area contributed by atoms with Crippen LogP contribution >= 0.6 is 0 Å². The maximum Gasteiger partial charge on any atom is 0.408 e. The molecule has 11 atom stereocenters. The van der Waals surface area contributed by atoms with Crippen molar-refractivity contribution in [2.75, 3.05) is 52.5 Å². The molecule has 9 rings (SSSR count). The van der Waals surface area contributed by atoms with Crippen LogP contribution in [0.15, 0.2) is 218 Å². The number of urea groups is 1. The highest BCUT2D eigenvalue weighted by atomic mass is 16.6. The lowest BCUT2D eigenvalue weighted by atomic mass is 9.91. The summed E-state index contributed by atoms with van der Waals surface area (Å²) in [7, 11) is 0. The van der Waals surface area contributed by atoms with Gasteiger partial charge in [-0.3, -0.25) is 38.4 Å². The SMILES string of the molecule is CCOC(=O)/C=C/[C@H](CN1CCNC1=O)NC(=O)[C@H](Cc1ccccc1)NC(=O)[C@H](CC(C)C)NC(=O)OCc1ccccc1.CCOC(=O)/C=C/[C@H](C[C@@H]1CCCNC1=O)NC(=O)[C@H](Cc1ccccc1)NC(=O)[C@H](CC(C)C)NC(=O)OCc1ccccc1.CCOC(=O)/C=C/[C@H](C[C@H]1CCNC1=O)NC(=O)[C@H](Cc1ccccc1)NC(=O)[C@H](CC(C)C)NC(=O)OCc1ccccc1. The fourth-order valence-corrected chi connectivity index (χ4v) is 14.8. The Labute approximate surface area is 795 Å². The van der Waals surface area contributed by atoms with Gasteiger partial charge in [-0.1, -0.05) is 242 Å². The summed E-state index contributed by atoms with van der Waals surface area (Å²) in [5.41, 5.74) is 4.82. The fraction of sp³-hybridized carbons (Fsp3) is 0.441. The summed E-state index contributed by atoms with van der Waals surface area (Å²) in [6.45, 7) is 19.4. The molecule has 0 saturated carbocycles. The molecule has 6 aromatic carbocycles. The van der Waals surface area contributed by atoms with Gasteiger partial charge in [-0.15, -0.1) is 0 Å². The van der Waals surface area contributed by atoms with E-state index >= 15 is 0 Å². The predicted octanol–water partition coefficient (Wildman–Crippen LogP) is 9.45. The number of ether oxygens (including phenoxy) is 6. The first-order chi connectivity index (χ1) is 65.4. The van der Waals surface area contributed by atoms with Crippen molar-refractivity contribution in [1.29, 1.82) is 0 Å². The molecule has 3 aliphatic rings. The van der Waals surface area contributed by atoms with Gasteiger partial charge in [0.05, 0.1) is 25.9 Å². The van der Waals surface area contributed by atoms with Gasteiger partial charge >= 0.3 is 42.2 Å². The van der Waals surface area contributed by atoms with Crippen LogP contribution in [0, 0.1) is 29.6 Å². The first-order valence-corrected chi connectivity index (χ1v) is 46.4. The van der Waals surface area contributed by atoms with Crippen LogP contribution in [0.5, 0.6) is 0 Å². The van der Waals surface area contributed by atoms with Gasteiger partial charge in [-0.2, -0.15) is 0 Å². The maximum absolute atomic E-state index is 13.8. The maximum atomic E-state index is 13.8. The van der Waals surface area contributed by atoms with Crippen molar-refractivity contribution in [3.63, 3.8) is 0 Å². The number of piperidine rings is 1. The van der Waals surface area contributed by atoms with Crippen molar-refractivity contribution in [3.05, 3.63) is 252 Å². The average molecular weight is 1880 g/mol.